The van der Waals surface area contributed by atoms with Crippen LogP contribution >= 0.6 is 0 Å². The van der Waals surface area contributed by atoms with Crippen LogP contribution in [0.2, 0.25) is 0 Å². The third kappa shape index (κ3) is 5.17. The molecule has 0 unspecified atom stereocenters. The molecule has 0 aliphatic rings. The standard InChI is InChI=1S/C17H14N2O4/c1-12(20)19-14-4-8-16(9-5-14)23-17(21)11-22-15-6-2-13(10-18)3-7-15/h2-9H,11H2,1H3,(H,19,20). The smallest absolute Gasteiger partial charge is 0.349 e. The predicted molar refractivity (Wildman–Crippen MR) is 83.0 cm³/mol. The molecule has 0 fully saturated rings. The molecule has 6 nitrogen and oxygen atoms in total. The van der Waals surface area contributed by atoms with Crippen molar-refractivity contribution in [2.45, 2.75) is 6.92 Å². The van der Waals surface area contributed by atoms with E-state index in [0.29, 0.717) is 22.7 Å². The Bertz CT molecular complexity index is 731. The summed E-state index contributed by atoms with van der Waals surface area (Å²) in [6.07, 6.45) is 0. The number of amides is 1. The lowest BCUT2D eigenvalue weighted by Crippen LogP contribution is -2.17. The van der Waals surface area contributed by atoms with Gasteiger partial charge in [0.1, 0.15) is 11.5 Å². The summed E-state index contributed by atoms with van der Waals surface area (Å²) in [5, 5.41) is 11.3. The van der Waals surface area contributed by atoms with Crippen LogP contribution in [0.1, 0.15) is 12.5 Å². The minimum Gasteiger partial charge on any atom is -0.482 e. The number of nitriles is 1. The Morgan fingerprint density at radius 2 is 1.65 bits per heavy atom. The van der Waals surface area contributed by atoms with E-state index in [2.05, 4.69) is 5.32 Å². The molecule has 23 heavy (non-hydrogen) atoms. The van der Waals surface area contributed by atoms with E-state index in [1.807, 2.05) is 6.07 Å². The molecule has 0 aromatic heterocycles. The molecule has 116 valence electrons. The number of hydrogen-bond donors (Lipinski definition) is 1. The Morgan fingerprint density at radius 1 is 1.04 bits per heavy atom. The number of benzene rings is 2. The molecule has 0 radical (unpaired) electrons. The number of hydrogen-bond acceptors (Lipinski definition) is 5. The van der Waals surface area contributed by atoms with E-state index in [4.69, 9.17) is 14.7 Å². The zero-order valence-electron chi connectivity index (χ0n) is 12.4. The van der Waals surface area contributed by atoms with Gasteiger partial charge in [0.2, 0.25) is 5.91 Å². The molecule has 0 aliphatic carbocycles. The third-order valence-electron chi connectivity index (χ3n) is 2.75. The lowest BCUT2D eigenvalue weighted by molar-refractivity contribution is -0.136. The average Bonchev–Trinajstić information content (AvgIpc) is 2.55. The maximum atomic E-state index is 11.7. The number of nitrogens with zero attached hydrogens (tertiary/aromatic N) is 1. The molecule has 0 aliphatic heterocycles. The van der Waals surface area contributed by atoms with Crippen LogP contribution < -0.4 is 14.8 Å². The molecular weight excluding hydrogens is 296 g/mol. The van der Waals surface area contributed by atoms with Crippen molar-refractivity contribution in [3.05, 3.63) is 54.1 Å². The minimum atomic E-state index is -0.554. The quantitative estimate of drug-likeness (QED) is 0.677. The van der Waals surface area contributed by atoms with Gasteiger partial charge in [-0.2, -0.15) is 5.26 Å². The van der Waals surface area contributed by atoms with Crippen molar-refractivity contribution in [1.29, 1.82) is 5.26 Å². The fraction of sp³-hybridized carbons (Fsp3) is 0.118. The monoisotopic (exact) mass is 310 g/mol. The van der Waals surface area contributed by atoms with E-state index in [1.165, 1.54) is 6.92 Å². The predicted octanol–water partition coefficient (Wildman–Crippen LogP) is 2.50. The molecular formula is C17H14N2O4. The van der Waals surface area contributed by atoms with E-state index < -0.39 is 5.97 Å². The number of rotatable bonds is 5. The topological polar surface area (TPSA) is 88.4 Å². The van der Waals surface area contributed by atoms with E-state index in [9.17, 15) is 9.59 Å². The van der Waals surface area contributed by atoms with Crippen molar-refractivity contribution in [2.24, 2.45) is 0 Å². The van der Waals surface area contributed by atoms with E-state index in [1.54, 1.807) is 48.5 Å². The molecule has 0 heterocycles. The number of nitrogens with one attached hydrogen (secondary N) is 1. The first-order valence-corrected chi connectivity index (χ1v) is 6.78. The molecule has 2 aromatic carbocycles. The summed E-state index contributed by atoms with van der Waals surface area (Å²) in [7, 11) is 0. The van der Waals surface area contributed by atoms with Crippen molar-refractivity contribution in [2.75, 3.05) is 11.9 Å². The van der Waals surface area contributed by atoms with Crippen LogP contribution in [0.25, 0.3) is 0 Å². The second-order valence-electron chi connectivity index (χ2n) is 4.60. The summed E-state index contributed by atoms with van der Waals surface area (Å²) in [5.74, 6) is 0.0988. The lowest BCUT2D eigenvalue weighted by atomic mass is 10.2. The van der Waals surface area contributed by atoms with Gasteiger partial charge in [-0.25, -0.2) is 4.79 Å². The number of esters is 1. The maximum Gasteiger partial charge on any atom is 0.349 e. The first kappa shape index (κ1) is 16.0. The van der Waals surface area contributed by atoms with Crippen LogP contribution in [0.5, 0.6) is 11.5 Å². The lowest BCUT2D eigenvalue weighted by Gasteiger charge is -2.07. The van der Waals surface area contributed by atoms with Crippen molar-refractivity contribution >= 4 is 17.6 Å². The van der Waals surface area contributed by atoms with E-state index >= 15 is 0 Å². The SMILES string of the molecule is CC(=O)Nc1ccc(OC(=O)COc2ccc(C#N)cc2)cc1. The summed E-state index contributed by atoms with van der Waals surface area (Å²) < 4.78 is 10.4. The molecule has 2 rings (SSSR count). The maximum absolute atomic E-state index is 11.7. The molecule has 0 bridgehead atoms. The van der Waals surface area contributed by atoms with E-state index in [0.717, 1.165) is 0 Å². The molecule has 1 N–H and O–H groups in total. The van der Waals surface area contributed by atoms with Gasteiger partial charge in [-0.05, 0) is 48.5 Å². The second-order valence-corrected chi connectivity index (χ2v) is 4.60. The van der Waals surface area contributed by atoms with E-state index in [-0.39, 0.29) is 12.5 Å². The van der Waals surface area contributed by atoms with Crippen molar-refractivity contribution in [3.8, 4) is 17.6 Å². The highest BCUT2D eigenvalue weighted by Gasteiger charge is 2.06. The van der Waals surface area contributed by atoms with Crippen LogP contribution in [-0.2, 0) is 9.59 Å². The van der Waals surface area contributed by atoms with Crippen molar-refractivity contribution in [1.82, 2.24) is 0 Å². The fourth-order valence-electron chi connectivity index (χ4n) is 1.74. The Labute approximate surface area is 133 Å². The van der Waals surface area contributed by atoms with Gasteiger partial charge in [0.05, 0.1) is 11.6 Å². The van der Waals surface area contributed by atoms with Crippen LogP contribution in [-0.4, -0.2) is 18.5 Å². The highest BCUT2D eigenvalue weighted by molar-refractivity contribution is 5.88. The highest BCUT2D eigenvalue weighted by atomic mass is 16.6. The van der Waals surface area contributed by atoms with Crippen LogP contribution in [0.4, 0.5) is 5.69 Å². The van der Waals surface area contributed by atoms with Gasteiger partial charge in [0.15, 0.2) is 6.61 Å². The summed E-state index contributed by atoms with van der Waals surface area (Å²) in [4.78, 5) is 22.6. The summed E-state index contributed by atoms with van der Waals surface area (Å²) in [6, 6.07) is 14.8. The molecule has 1 amide bonds. The minimum absolute atomic E-state index is 0.175. The van der Waals surface area contributed by atoms with Gasteiger partial charge in [0.25, 0.3) is 0 Å². The fourth-order valence-corrected chi connectivity index (χ4v) is 1.74. The van der Waals surface area contributed by atoms with Gasteiger partial charge in [-0.15, -0.1) is 0 Å². The molecule has 0 atom stereocenters. The van der Waals surface area contributed by atoms with Gasteiger partial charge >= 0.3 is 5.97 Å². The summed E-state index contributed by atoms with van der Waals surface area (Å²) in [6.45, 7) is 1.16. The summed E-state index contributed by atoms with van der Waals surface area (Å²) in [5.41, 5.74) is 1.13. The van der Waals surface area contributed by atoms with Crippen LogP contribution in [0, 0.1) is 11.3 Å². The van der Waals surface area contributed by atoms with Crippen LogP contribution in [0.3, 0.4) is 0 Å². The zero-order chi connectivity index (χ0) is 16.7. The van der Waals surface area contributed by atoms with Gasteiger partial charge in [-0.3, -0.25) is 4.79 Å². The number of ether oxygens (including phenoxy) is 2. The Hall–Kier alpha value is -3.33. The Kier molecular flexibility index (Phi) is 5.31. The number of anilines is 1. The third-order valence-corrected chi connectivity index (χ3v) is 2.75. The Morgan fingerprint density at radius 3 is 2.22 bits per heavy atom. The molecule has 6 heteroatoms. The molecule has 0 spiro atoms. The molecule has 0 saturated heterocycles. The number of carbonyl (C=O) groups excluding carboxylic acids is 2. The second kappa shape index (κ2) is 7.61. The average molecular weight is 310 g/mol. The largest absolute Gasteiger partial charge is 0.482 e. The Balaban J connectivity index is 1.84. The van der Waals surface area contributed by atoms with Gasteiger partial charge in [-0.1, -0.05) is 0 Å². The number of carbonyl (C=O) groups is 2. The van der Waals surface area contributed by atoms with Gasteiger partial charge in [0, 0.05) is 12.6 Å². The van der Waals surface area contributed by atoms with Crippen molar-refractivity contribution < 1.29 is 19.1 Å². The van der Waals surface area contributed by atoms with Gasteiger partial charge < -0.3 is 14.8 Å². The zero-order valence-corrected chi connectivity index (χ0v) is 12.4. The van der Waals surface area contributed by atoms with Crippen LogP contribution in [0.15, 0.2) is 48.5 Å². The molecule has 0 saturated carbocycles. The molecule has 2 aromatic rings. The first-order chi connectivity index (χ1) is 11.1. The summed E-state index contributed by atoms with van der Waals surface area (Å²) >= 11 is 0. The van der Waals surface area contributed by atoms with Crippen molar-refractivity contribution in [3.63, 3.8) is 0 Å². The normalized spacial score (nSPS) is 9.57. The highest BCUT2D eigenvalue weighted by Crippen LogP contribution is 2.16. The first-order valence-electron chi connectivity index (χ1n) is 6.78.